The standard InChI is InChI=1S/C22H42N3O12PS/c1-12(27)24-16-18(29)17(28)15(10-26)36-21(16)35-8-6-5-7-23-22(30)25-14-9-13(11-32-2)19(20(14)33-3)37-38(31,39)34-4/h13-21,26,28-29H,5-11H2,1-4H3,(H,24,27)(H,31,39)(H2,23,25,30)/t13-,14-,15-,16-,17+,18-,19?,20-,21-,38?/m1/s1. The molecular formula is C22H42N3O12PS. The number of urea groups is 1. The molecule has 7 N–H and O–H groups in total. The molecule has 3 amide bonds. The van der Waals surface area contributed by atoms with Gasteiger partial charge in [0.15, 0.2) is 6.29 Å². The maximum atomic E-state index is 12.5. The molecule has 0 bridgehead atoms. The normalized spacial score (nSPS) is 34.3. The topological polar surface area (TPSA) is 207 Å². The van der Waals surface area contributed by atoms with Gasteiger partial charge in [0, 0.05) is 47.3 Å². The van der Waals surface area contributed by atoms with E-state index in [2.05, 4.69) is 16.0 Å². The van der Waals surface area contributed by atoms with Crippen LogP contribution >= 0.6 is 6.72 Å². The zero-order valence-corrected chi connectivity index (χ0v) is 24.3. The molecule has 2 aliphatic rings. The summed E-state index contributed by atoms with van der Waals surface area (Å²) in [5, 5.41) is 37.9. The third-order valence-corrected chi connectivity index (χ3v) is 8.26. The zero-order chi connectivity index (χ0) is 29.2. The van der Waals surface area contributed by atoms with Crippen LogP contribution in [0.4, 0.5) is 4.79 Å². The Morgan fingerprint density at radius 3 is 2.41 bits per heavy atom. The Bertz CT molecular complexity index is 829. The summed E-state index contributed by atoms with van der Waals surface area (Å²) in [5.74, 6) is -0.633. The molecule has 1 aliphatic carbocycles. The van der Waals surface area contributed by atoms with E-state index in [1.54, 1.807) is 0 Å². The molecule has 1 saturated heterocycles. The number of carbonyl (C=O) groups excluding carboxylic acids is 2. The molecule has 0 radical (unpaired) electrons. The first-order chi connectivity index (χ1) is 18.5. The minimum absolute atomic E-state index is 0.170. The molecule has 39 heavy (non-hydrogen) atoms. The van der Waals surface area contributed by atoms with Crippen LogP contribution in [0.3, 0.4) is 0 Å². The first-order valence-corrected chi connectivity index (χ1v) is 15.2. The molecule has 1 saturated carbocycles. The predicted octanol–water partition coefficient (Wildman–Crippen LogP) is -1.68. The Kier molecular flexibility index (Phi) is 14.4. The van der Waals surface area contributed by atoms with Crippen molar-refractivity contribution in [2.45, 2.75) is 75.1 Å². The van der Waals surface area contributed by atoms with Crippen LogP contribution in [0.1, 0.15) is 26.2 Å². The van der Waals surface area contributed by atoms with Crippen molar-refractivity contribution < 1.29 is 57.8 Å². The molecular weight excluding hydrogens is 561 g/mol. The number of hydrogen-bond acceptors (Lipinski definition) is 12. The Labute approximate surface area is 233 Å². The number of methoxy groups -OCH3 is 2. The number of amides is 3. The summed E-state index contributed by atoms with van der Waals surface area (Å²) in [6.45, 7) is -1.93. The van der Waals surface area contributed by atoms with E-state index in [-0.39, 0.29) is 12.5 Å². The Morgan fingerprint density at radius 1 is 1.10 bits per heavy atom. The second kappa shape index (κ2) is 16.4. The highest BCUT2D eigenvalue weighted by Gasteiger charge is 2.47. The van der Waals surface area contributed by atoms with E-state index in [0.29, 0.717) is 32.4 Å². The third kappa shape index (κ3) is 10.1. The van der Waals surface area contributed by atoms with Crippen LogP contribution in [0.2, 0.25) is 0 Å². The van der Waals surface area contributed by atoms with Gasteiger partial charge >= 0.3 is 12.7 Å². The van der Waals surface area contributed by atoms with Crippen molar-refractivity contribution in [1.29, 1.82) is 0 Å². The number of aliphatic hydroxyl groups excluding tert-OH is 3. The van der Waals surface area contributed by atoms with Gasteiger partial charge in [-0.15, -0.1) is 0 Å². The molecule has 0 spiro atoms. The summed E-state index contributed by atoms with van der Waals surface area (Å²) in [5.41, 5.74) is 0. The van der Waals surface area contributed by atoms with Crippen molar-refractivity contribution >= 4 is 30.5 Å². The van der Waals surface area contributed by atoms with Crippen molar-refractivity contribution in [2.75, 3.05) is 47.7 Å². The van der Waals surface area contributed by atoms with Gasteiger partial charge in [-0.1, -0.05) is 0 Å². The second-order valence-electron chi connectivity index (χ2n) is 9.39. The monoisotopic (exact) mass is 603 g/mol. The number of hydrogen-bond donors (Lipinski definition) is 7. The molecule has 2 fully saturated rings. The predicted molar refractivity (Wildman–Crippen MR) is 140 cm³/mol. The van der Waals surface area contributed by atoms with Gasteiger partial charge in [-0.3, -0.25) is 4.79 Å². The minimum atomic E-state index is -3.47. The van der Waals surface area contributed by atoms with Crippen LogP contribution in [0.5, 0.6) is 0 Å². The lowest BCUT2D eigenvalue weighted by molar-refractivity contribution is -0.270. The van der Waals surface area contributed by atoms with Crippen LogP contribution < -0.4 is 16.0 Å². The van der Waals surface area contributed by atoms with Crippen LogP contribution in [0, 0.1) is 5.92 Å². The summed E-state index contributed by atoms with van der Waals surface area (Å²) in [4.78, 5) is 34.2. The van der Waals surface area contributed by atoms with Crippen molar-refractivity contribution in [2.24, 2.45) is 5.92 Å². The molecule has 2 unspecified atom stereocenters. The maximum Gasteiger partial charge on any atom is 0.324 e. The fourth-order valence-corrected chi connectivity index (χ4v) is 5.70. The van der Waals surface area contributed by atoms with Crippen molar-refractivity contribution in [3.05, 3.63) is 0 Å². The molecule has 10 atom stereocenters. The fourth-order valence-electron chi connectivity index (χ4n) is 4.71. The zero-order valence-electron chi connectivity index (χ0n) is 22.6. The molecule has 0 aromatic heterocycles. The largest absolute Gasteiger partial charge is 0.394 e. The third-order valence-electron chi connectivity index (χ3n) is 6.59. The van der Waals surface area contributed by atoms with E-state index in [1.807, 2.05) is 0 Å². The van der Waals surface area contributed by atoms with Gasteiger partial charge in [-0.2, -0.15) is 0 Å². The van der Waals surface area contributed by atoms with Crippen LogP contribution in [0.15, 0.2) is 0 Å². The summed E-state index contributed by atoms with van der Waals surface area (Å²) in [7, 11) is 4.28. The lowest BCUT2D eigenvalue weighted by Gasteiger charge is -2.42. The Morgan fingerprint density at radius 2 is 1.82 bits per heavy atom. The molecule has 0 aromatic rings. The van der Waals surface area contributed by atoms with Gasteiger partial charge in [0.1, 0.15) is 36.6 Å². The van der Waals surface area contributed by atoms with Crippen molar-refractivity contribution in [1.82, 2.24) is 16.0 Å². The quantitative estimate of drug-likeness (QED) is 0.0826. The molecule has 1 heterocycles. The highest BCUT2D eigenvalue weighted by atomic mass is 32.5. The molecule has 1 aliphatic heterocycles. The van der Waals surface area contributed by atoms with E-state index in [9.17, 15) is 29.8 Å². The molecule has 2 rings (SSSR count). The summed E-state index contributed by atoms with van der Waals surface area (Å²) < 4.78 is 32.5. The molecule has 228 valence electrons. The first-order valence-electron chi connectivity index (χ1n) is 12.6. The fraction of sp³-hybridized carbons (Fsp3) is 0.909. The van der Waals surface area contributed by atoms with Crippen LogP contribution in [-0.4, -0.2) is 129 Å². The molecule has 17 heteroatoms. The second-order valence-corrected chi connectivity index (χ2v) is 12.3. The highest BCUT2D eigenvalue weighted by Crippen LogP contribution is 2.48. The number of carbonyl (C=O) groups is 2. The van der Waals surface area contributed by atoms with Crippen molar-refractivity contribution in [3.63, 3.8) is 0 Å². The van der Waals surface area contributed by atoms with E-state index in [4.69, 9.17) is 39.8 Å². The van der Waals surface area contributed by atoms with Crippen LogP contribution in [-0.2, 0) is 44.6 Å². The SMILES string of the molecule is COC[C@H]1C[C@@H](NC(=O)NCCCCO[C@@H]2O[C@H](CO)[C@H](O)[C@H](O)[C@H]2NC(C)=O)[C@@H](OC)C1OP(O)(=S)OC. The number of rotatable bonds is 15. The first kappa shape index (κ1) is 34.2. The molecule has 15 nitrogen and oxygen atoms in total. The van der Waals surface area contributed by atoms with Crippen molar-refractivity contribution in [3.8, 4) is 0 Å². The Balaban J connectivity index is 1.79. The molecule has 0 aromatic carbocycles. The average Bonchev–Trinajstić information content (AvgIpc) is 3.19. The van der Waals surface area contributed by atoms with E-state index in [0.717, 1.165) is 0 Å². The van der Waals surface area contributed by atoms with Gasteiger partial charge in [0.25, 0.3) is 0 Å². The van der Waals surface area contributed by atoms with E-state index < -0.39 is 74.2 Å². The highest BCUT2D eigenvalue weighted by molar-refractivity contribution is 8.07. The summed E-state index contributed by atoms with van der Waals surface area (Å²) in [6, 6.07) is -1.85. The smallest absolute Gasteiger partial charge is 0.324 e. The summed E-state index contributed by atoms with van der Waals surface area (Å²) >= 11 is 4.98. The average molecular weight is 604 g/mol. The number of unbranched alkanes of at least 4 members (excludes halogenated alkanes) is 1. The van der Waals surface area contributed by atoms with Crippen LogP contribution in [0.25, 0.3) is 0 Å². The Hall–Kier alpha value is -1.01. The minimum Gasteiger partial charge on any atom is -0.394 e. The van der Waals surface area contributed by atoms with E-state index >= 15 is 0 Å². The van der Waals surface area contributed by atoms with Gasteiger partial charge in [0.05, 0.1) is 19.3 Å². The van der Waals surface area contributed by atoms with Gasteiger partial charge in [0.2, 0.25) is 5.91 Å². The lowest BCUT2D eigenvalue weighted by atomic mass is 9.97. The lowest BCUT2D eigenvalue weighted by Crippen LogP contribution is -2.64. The van der Waals surface area contributed by atoms with Gasteiger partial charge in [-0.05, 0) is 31.1 Å². The number of aliphatic hydroxyl groups is 3. The maximum absolute atomic E-state index is 12.5. The van der Waals surface area contributed by atoms with E-state index in [1.165, 1.54) is 28.3 Å². The number of nitrogens with one attached hydrogen (secondary N) is 3. The van der Waals surface area contributed by atoms with Gasteiger partial charge < -0.3 is 64.2 Å². The van der Waals surface area contributed by atoms with Gasteiger partial charge in [-0.25, -0.2) is 4.79 Å². The summed E-state index contributed by atoms with van der Waals surface area (Å²) in [6.07, 6.45) is -4.60. The number of ether oxygens (including phenoxy) is 4.